The molecule has 0 bridgehead atoms. The van der Waals surface area contributed by atoms with Crippen LogP contribution in [-0.4, -0.2) is 48.1 Å². The lowest BCUT2D eigenvalue weighted by Gasteiger charge is -2.50. The van der Waals surface area contributed by atoms with Crippen molar-refractivity contribution < 1.29 is 9.53 Å². The number of esters is 1. The molecule has 0 spiro atoms. The van der Waals surface area contributed by atoms with Gasteiger partial charge < -0.3 is 9.64 Å². The summed E-state index contributed by atoms with van der Waals surface area (Å²) in [6.07, 6.45) is 6.05. The lowest BCUT2D eigenvalue weighted by molar-refractivity contribution is -0.146. The van der Waals surface area contributed by atoms with E-state index < -0.39 is 0 Å². The second-order valence-corrected chi connectivity index (χ2v) is 9.54. The Morgan fingerprint density at radius 2 is 2.17 bits per heavy atom. The second kappa shape index (κ2) is 6.11. The van der Waals surface area contributed by atoms with Gasteiger partial charge in [-0.2, -0.15) is 11.8 Å². The average molecular weight is 336 g/mol. The monoisotopic (exact) mass is 335 g/mol. The van der Waals surface area contributed by atoms with Gasteiger partial charge in [-0.3, -0.25) is 4.79 Å². The molecule has 2 aliphatic carbocycles. The minimum absolute atomic E-state index is 0.0751. The van der Waals surface area contributed by atoms with Crippen LogP contribution in [0.4, 0.5) is 0 Å². The Balaban J connectivity index is 1.50. The maximum absolute atomic E-state index is 12.5. The zero-order valence-corrected chi connectivity index (χ0v) is 15.1. The number of rotatable bonds is 2. The Morgan fingerprint density at radius 3 is 2.96 bits per heavy atom. The van der Waals surface area contributed by atoms with E-state index in [0.29, 0.717) is 17.3 Å². The molecule has 5 atom stereocenters. The minimum atomic E-state index is 0.0751. The highest BCUT2D eigenvalue weighted by Gasteiger charge is 2.55. The van der Waals surface area contributed by atoms with Crippen LogP contribution in [0.2, 0.25) is 0 Å². The van der Waals surface area contributed by atoms with Gasteiger partial charge in [0.2, 0.25) is 0 Å². The van der Waals surface area contributed by atoms with E-state index >= 15 is 0 Å². The number of allylic oxidation sites excluding steroid dienone is 1. The van der Waals surface area contributed by atoms with Gasteiger partial charge in [-0.1, -0.05) is 19.1 Å². The van der Waals surface area contributed by atoms with Gasteiger partial charge in [0.05, 0.1) is 5.92 Å². The van der Waals surface area contributed by atoms with Crippen molar-refractivity contribution in [3.8, 4) is 0 Å². The number of nitrogens with zero attached hydrogens (tertiary/aromatic N) is 1. The Hall–Kier alpha value is -0.480. The summed E-state index contributed by atoms with van der Waals surface area (Å²) in [6, 6.07) is 0. The van der Waals surface area contributed by atoms with Crippen LogP contribution in [0.1, 0.15) is 39.0 Å². The van der Waals surface area contributed by atoms with Crippen molar-refractivity contribution in [1.29, 1.82) is 0 Å². The van der Waals surface area contributed by atoms with Crippen LogP contribution >= 0.6 is 11.8 Å². The van der Waals surface area contributed by atoms with Crippen LogP contribution in [0.5, 0.6) is 0 Å². The van der Waals surface area contributed by atoms with Gasteiger partial charge in [0, 0.05) is 37.1 Å². The van der Waals surface area contributed by atoms with E-state index in [0.717, 1.165) is 32.5 Å². The molecular formula is C19H29NO2S. The van der Waals surface area contributed by atoms with Crippen molar-refractivity contribution in [1.82, 2.24) is 4.90 Å². The molecule has 4 rings (SSSR count). The van der Waals surface area contributed by atoms with E-state index in [4.69, 9.17) is 4.74 Å². The molecule has 3 nitrogen and oxygen atoms in total. The minimum Gasteiger partial charge on any atom is -0.462 e. The van der Waals surface area contributed by atoms with E-state index in [2.05, 4.69) is 18.4 Å². The predicted molar refractivity (Wildman–Crippen MR) is 94.4 cm³/mol. The van der Waals surface area contributed by atoms with Gasteiger partial charge in [-0.15, -0.1) is 0 Å². The molecule has 2 saturated heterocycles. The molecule has 128 valence electrons. The van der Waals surface area contributed by atoms with Crippen LogP contribution in [-0.2, 0) is 9.53 Å². The maximum Gasteiger partial charge on any atom is 0.310 e. The second-order valence-electron chi connectivity index (χ2n) is 8.32. The number of carbonyl (C=O) groups excluding carboxylic acids is 1. The van der Waals surface area contributed by atoms with Gasteiger partial charge in [0.25, 0.3) is 0 Å². The molecule has 0 aromatic rings. The molecule has 0 aromatic heterocycles. The highest BCUT2D eigenvalue weighted by Crippen LogP contribution is 2.56. The molecule has 4 aliphatic rings. The van der Waals surface area contributed by atoms with Crippen LogP contribution in [0.25, 0.3) is 0 Å². The predicted octanol–water partition coefficient (Wildman–Crippen LogP) is 3.35. The molecule has 0 unspecified atom stereocenters. The van der Waals surface area contributed by atoms with Crippen molar-refractivity contribution in [3.63, 3.8) is 0 Å². The summed E-state index contributed by atoms with van der Waals surface area (Å²) >= 11 is 2.03. The van der Waals surface area contributed by atoms with Gasteiger partial charge >= 0.3 is 5.97 Å². The molecule has 2 saturated carbocycles. The Morgan fingerprint density at radius 1 is 1.39 bits per heavy atom. The van der Waals surface area contributed by atoms with E-state index in [-0.39, 0.29) is 18.0 Å². The molecule has 0 amide bonds. The SMILES string of the molecule is C=C1CCC[C@]2(C)C[C@H]3OC(=O)[C@H](CN4CCSCC4)[C@H]3C[C@@H]12. The van der Waals surface area contributed by atoms with Gasteiger partial charge in [0.15, 0.2) is 0 Å². The average Bonchev–Trinajstić information content (AvgIpc) is 2.81. The van der Waals surface area contributed by atoms with Crippen LogP contribution in [0.15, 0.2) is 12.2 Å². The van der Waals surface area contributed by atoms with Gasteiger partial charge in [-0.05, 0) is 43.4 Å². The summed E-state index contributed by atoms with van der Waals surface area (Å²) < 4.78 is 5.87. The molecule has 4 heteroatoms. The number of fused-ring (bicyclic) bond motifs is 2. The van der Waals surface area contributed by atoms with Crippen LogP contribution < -0.4 is 0 Å². The van der Waals surface area contributed by atoms with Crippen molar-refractivity contribution in [2.75, 3.05) is 31.1 Å². The molecular weight excluding hydrogens is 306 g/mol. The lowest BCUT2D eigenvalue weighted by Crippen LogP contribution is -2.46. The van der Waals surface area contributed by atoms with E-state index in [1.54, 1.807) is 0 Å². The third-order valence-corrected chi connectivity index (χ3v) is 7.82. The number of hydrogen-bond acceptors (Lipinski definition) is 4. The first-order valence-electron chi connectivity index (χ1n) is 9.25. The van der Waals surface area contributed by atoms with E-state index in [1.807, 2.05) is 11.8 Å². The fraction of sp³-hybridized carbons (Fsp3) is 0.842. The Labute approximate surface area is 144 Å². The smallest absolute Gasteiger partial charge is 0.310 e. The largest absolute Gasteiger partial charge is 0.462 e. The summed E-state index contributed by atoms with van der Waals surface area (Å²) in [7, 11) is 0. The molecule has 0 radical (unpaired) electrons. The molecule has 23 heavy (non-hydrogen) atoms. The summed E-state index contributed by atoms with van der Waals surface area (Å²) in [5.74, 6) is 3.60. The first-order chi connectivity index (χ1) is 11.1. The summed E-state index contributed by atoms with van der Waals surface area (Å²) in [6.45, 7) is 9.95. The summed E-state index contributed by atoms with van der Waals surface area (Å²) in [4.78, 5) is 15.0. The zero-order valence-electron chi connectivity index (χ0n) is 14.3. The Kier molecular flexibility index (Phi) is 4.25. The number of carbonyl (C=O) groups is 1. The first kappa shape index (κ1) is 16.0. The molecule has 0 N–H and O–H groups in total. The van der Waals surface area contributed by atoms with Crippen LogP contribution in [0, 0.1) is 23.2 Å². The standard InChI is InChI=1S/C19H29NO2S/c1-13-4-3-5-19(2)11-17-14(10-16(13)19)15(18(21)22-17)12-20-6-8-23-9-7-20/h14-17H,1,3-12H2,2H3/t14-,15-,16+,17-,19-/m1/s1. The van der Waals surface area contributed by atoms with Gasteiger partial charge in [-0.25, -0.2) is 0 Å². The quantitative estimate of drug-likeness (QED) is 0.572. The first-order valence-corrected chi connectivity index (χ1v) is 10.4. The summed E-state index contributed by atoms with van der Waals surface area (Å²) in [5.41, 5.74) is 1.75. The third-order valence-electron chi connectivity index (χ3n) is 6.88. The molecule has 0 aromatic carbocycles. The summed E-state index contributed by atoms with van der Waals surface area (Å²) in [5, 5.41) is 0. The van der Waals surface area contributed by atoms with Crippen molar-refractivity contribution in [3.05, 3.63) is 12.2 Å². The number of thioether (sulfide) groups is 1. The highest BCUT2D eigenvalue weighted by atomic mass is 32.2. The maximum atomic E-state index is 12.5. The fourth-order valence-corrected chi connectivity index (χ4v) is 6.51. The Bertz CT molecular complexity index is 502. The van der Waals surface area contributed by atoms with E-state index in [9.17, 15) is 4.79 Å². The fourth-order valence-electron chi connectivity index (χ4n) is 5.53. The van der Waals surface area contributed by atoms with Crippen LogP contribution in [0.3, 0.4) is 0 Å². The highest BCUT2D eigenvalue weighted by molar-refractivity contribution is 7.99. The molecule has 2 heterocycles. The normalized spacial score (nSPS) is 44.6. The van der Waals surface area contributed by atoms with Crippen molar-refractivity contribution >= 4 is 17.7 Å². The third kappa shape index (κ3) is 2.86. The molecule has 4 fully saturated rings. The topological polar surface area (TPSA) is 29.5 Å². The van der Waals surface area contributed by atoms with Crippen molar-refractivity contribution in [2.24, 2.45) is 23.2 Å². The molecule has 2 aliphatic heterocycles. The van der Waals surface area contributed by atoms with Crippen molar-refractivity contribution in [2.45, 2.75) is 45.1 Å². The zero-order chi connectivity index (χ0) is 16.0. The lowest BCUT2D eigenvalue weighted by atomic mass is 9.55. The van der Waals surface area contributed by atoms with E-state index in [1.165, 1.54) is 36.3 Å². The van der Waals surface area contributed by atoms with Gasteiger partial charge in [0.1, 0.15) is 6.10 Å². The number of ether oxygens (including phenoxy) is 1. The number of hydrogen-bond donors (Lipinski definition) is 0.